The predicted molar refractivity (Wildman–Crippen MR) is 132 cm³/mol. The fraction of sp³-hybridized carbons (Fsp3) is 0.292. The van der Waals surface area contributed by atoms with Gasteiger partial charge in [0.1, 0.15) is 18.2 Å². The summed E-state index contributed by atoms with van der Waals surface area (Å²) in [5.74, 6) is -1.14. The Morgan fingerprint density at radius 2 is 1.94 bits per heavy atom. The summed E-state index contributed by atoms with van der Waals surface area (Å²) < 4.78 is 25.6. The molecule has 180 valence electrons. The molecule has 35 heavy (non-hydrogen) atoms. The van der Waals surface area contributed by atoms with Gasteiger partial charge in [-0.25, -0.2) is 18.6 Å². The number of carbonyl (C=O) groups is 1. The van der Waals surface area contributed by atoms with E-state index in [1.54, 1.807) is 33.9 Å². The first-order valence-electron chi connectivity index (χ1n) is 11.3. The van der Waals surface area contributed by atoms with Crippen LogP contribution < -0.4 is 0 Å². The molecule has 0 saturated carbocycles. The number of aryl methyl sites for hydroxylation is 1. The van der Waals surface area contributed by atoms with E-state index in [4.69, 9.17) is 4.74 Å². The molecule has 0 spiro atoms. The van der Waals surface area contributed by atoms with E-state index < -0.39 is 19.7 Å². The van der Waals surface area contributed by atoms with E-state index in [0.717, 1.165) is 11.6 Å². The molecule has 0 aliphatic heterocycles. The van der Waals surface area contributed by atoms with Gasteiger partial charge in [0, 0.05) is 44.9 Å². The molecule has 0 bridgehead atoms. The minimum Gasteiger partial charge on any atom is -0.360 e. The van der Waals surface area contributed by atoms with Crippen LogP contribution in [-0.4, -0.2) is 54.6 Å². The van der Waals surface area contributed by atoms with Crippen LogP contribution in [0.5, 0.6) is 0 Å². The van der Waals surface area contributed by atoms with Gasteiger partial charge in [-0.15, -0.1) is 0 Å². The van der Waals surface area contributed by atoms with Crippen molar-refractivity contribution in [3.63, 3.8) is 0 Å². The van der Waals surface area contributed by atoms with Crippen molar-refractivity contribution in [3.8, 4) is 11.3 Å². The molecule has 1 aromatic carbocycles. The summed E-state index contributed by atoms with van der Waals surface area (Å²) >= 11 is 0. The van der Waals surface area contributed by atoms with Crippen molar-refractivity contribution in [3.05, 3.63) is 66.1 Å². The summed E-state index contributed by atoms with van der Waals surface area (Å²) in [7, 11) is 0.616. The Labute approximate surface area is 202 Å². The maximum absolute atomic E-state index is 15.2. The summed E-state index contributed by atoms with van der Waals surface area (Å²) in [6.45, 7) is 7.72. The van der Waals surface area contributed by atoms with Crippen LogP contribution >= 0.6 is 0 Å². The van der Waals surface area contributed by atoms with Crippen LogP contribution in [-0.2, 0) is 18.5 Å². The molecule has 0 atom stereocenters. The highest BCUT2D eigenvalue weighted by Crippen LogP contribution is 2.23. The van der Waals surface area contributed by atoms with E-state index in [-0.39, 0.29) is 18.0 Å². The zero-order valence-electron chi connectivity index (χ0n) is 20.1. The fourth-order valence-corrected chi connectivity index (χ4v) is 4.54. The number of halogens is 1. The zero-order valence-corrected chi connectivity index (χ0v) is 21.1. The normalized spacial score (nSPS) is 12.1. The number of carbonyl (C=O) groups excluding carboxylic acids is 1. The average Bonchev–Trinajstić information content (AvgIpc) is 3.53. The summed E-state index contributed by atoms with van der Waals surface area (Å²) in [5.41, 5.74) is 2.60. The first-order chi connectivity index (χ1) is 16.7. The van der Waals surface area contributed by atoms with Crippen LogP contribution in [0.15, 0.2) is 49.1 Å². The highest BCUT2D eigenvalue weighted by atomic mass is 28.3. The molecule has 4 heterocycles. The van der Waals surface area contributed by atoms with Crippen molar-refractivity contribution < 1.29 is 13.9 Å². The smallest absolute Gasteiger partial charge is 0.216 e. The Morgan fingerprint density at radius 3 is 2.69 bits per heavy atom. The van der Waals surface area contributed by atoms with Gasteiger partial charge in [-0.3, -0.25) is 9.48 Å². The molecule has 0 aliphatic rings. The van der Waals surface area contributed by atoms with Gasteiger partial charge < -0.3 is 4.74 Å². The molecule has 0 radical (unpaired) electrons. The minimum absolute atomic E-state index is 0.0629. The van der Waals surface area contributed by atoms with Crippen LogP contribution in [0.2, 0.25) is 25.7 Å². The van der Waals surface area contributed by atoms with E-state index in [1.807, 2.05) is 13.2 Å². The predicted octanol–water partition coefficient (Wildman–Crippen LogP) is 4.16. The fourth-order valence-electron chi connectivity index (χ4n) is 3.78. The number of hydrogen-bond acceptors (Lipinski definition) is 6. The Bertz CT molecular complexity index is 1550. The maximum atomic E-state index is 15.2. The molecule has 0 fully saturated rings. The van der Waals surface area contributed by atoms with E-state index in [9.17, 15) is 4.79 Å². The number of fused-ring (bicyclic) bond motifs is 2. The molecule has 0 aliphatic carbocycles. The van der Waals surface area contributed by atoms with Gasteiger partial charge in [0.05, 0.1) is 35.4 Å². The lowest BCUT2D eigenvalue weighted by Crippen LogP contribution is -2.22. The highest BCUT2D eigenvalue weighted by molar-refractivity contribution is 6.76. The molecule has 0 unspecified atom stereocenters. The van der Waals surface area contributed by atoms with Crippen LogP contribution in [0.3, 0.4) is 0 Å². The molecule has 11 heteroatoms. The minimum atomic E-state index is -1.20. The van der Waals surface area contributed by atoms with Crippen LogP contribution in [0.4, 0.5) is 4.39 Å². The second kappa shape index (κ2) is 8.82. The topological polar surface area (TPSA) is 92.1 Å². The Morgan fingerprint density at radius 1 is 1.11 bits per heavy atom. The van der Waals surface area contributed by atoms with Crippen molar-refractivity contribution in [1.29, 1.82) is 0 Å². The standard InChI is InChI=1S/C24H26FN7O2Si/c1-30-14-17(12-27-30)20-5-6-23-26-13-22(32(23)29-20)24(33)18-9-16-11-28-31(21(16)10-19(18)25)15-34-7-8-35(2,3)4/h5-6,9-14H,7-8,15H2,1-4H3. The van der Waals surface area contributed by atoms with Gasteiger partial charge in [0.15, 0.2) is 5.65 Å². The average molecular weight is 492 g/mol. The number of ether oxygens (including phenoxy) is 1. The van der Waals surface area contributed by atoms with Crippen molar-refractivity contribution in [2.75, 3.05) is 6.61 Å². The van der Waals surface area contributed by atoms with Gasteiger partial charge >= 0.3 is 0 Å². The molecular formula is C24H26FN7O2Si. The number of imidazole rings is 1. The molecule has 5 rings (SSSR count). The van der Waals surface area contributed by atoms with Crippen LogP contribution in [0.25, 0.3) is 27.8 Å². The molecule has 5 aromatic rings. The van der Waals surface area contributed by atoms with Gasteiger partial charge in [-0.1, -0.05) is 19.6 Å². The van der Waals surface area contributed by atoms with Gasteiger partial charge in [0.2, 0.25) is 5.78 Å². The number of hydrogen-bond donors (Lipinski definition) is 0. The van der Waals surface area contributed by atoms with E-state index in [0.29, 0.717) is 28.9 Å². The molecule has 0 N–H and O–H groups in total. The van der Waals surface area contributed by atoms with Crippen molar-refractivity contribution in [1.82, 2.24) is 34.2 Å². The summed E-state index contributed by atoms with van der Waals surface area (Å²) in [6.07, 6.45) is 6.54. The maximum Gasteiger partial charge on any atom is 0.216 e. The van der Waals surface area contributed by atoms with E-state index in [2.05, 4.69) is 39.9 Å². The molecule has 9 nitrogen and oxygen atoms in total. The molecule has 4 aromatic heterocycles. The van der Waals surface area contributed by atoms with Gasteiger partial charge in [-0.05, 0) is 24.2 Å². The Hall–Kier alpha value is -3.70. The number of nitrogens with zero attached hydrogens (tertiary/aromatic N) is 7. The van der Waals surface area contributed by atoms with Gasteiger partial charge in [-0.2, -0.15) is 15.3 Å². The Balaban J connectivity index is 1.43. The van der Waals surface area contributed by atoms with Crippen LogP contribution in [0, 0.1) is 5.82 Å². The van der Waals surface area contributed by atoms with Crippen molar-refractivity contribution >= 4 is 30.4 Å². The van der Waals surface area contributed by atoms with Gasteiger partial charge in [0.25, 0.3) is 0 Å². The Kier molecular flexibility index (Phi) is 5.81. The summed E-state index contributed by atoms with van der Waals surface area (Å²) in [5, 5.41) is 13.7. The second-order valence-corrected chi connectivity index (χ2v) is 15.4. The quantitative estimate of drug-likeness (QED) is 0.184. The highest BCUT2D eigenvalue weighted by Gasteiger charge is 2.21. The number of rotatable bonds is 8. The number of ketones is 1. The molecule has 0 saturated heterocycles. The SMILES string of the molecule is Cn1cc(-c2ccc3ncc(C(=O)c4cc5cnn(COCC[Si](C)(C)C)c5cc4F)n3n2)cn1. The molecular weight excluding hydrogens is 465 g/mol. The number of aromatic nitrogens is 7. The second-order valence-electron chi connectivity index (χ2n) is 9.75. The third-order valence-electron chi connectivity index (χ3n) is 5.78. The zero-order chi connectivity index (χ0) is 24.7. The third kappa shape index (κ3) is 4.64. The molecule has 0 amide bonds. The van der Waals surface area contributed by atoms with E-state index in [1.165, 1.54) is 22.8 Å². The summed E-state index contributed by atoms with van der Waals surface area (Å²) in [4.78, 5) is 17.6. The summed E-state index contributed by atoms with van der Waals surface area (Å²) in [6, 6.07) is 7.45. The number of benzene rings is 1. The third-order valence-corrected chi connectivity index (χ3v) is 7.48. The lowest BCUT2D eigenvalue weighted by atomic mass is 10.1. The largest absolute Gasteiger partial charge is 0.360 e. The monoisotopic (exact) mass is 491 g/mol. The lowest BCUT2D eigenvalue weighted by molar-refractivity contribution is 0.0817. The van der Waals surface area contributed by atoms with Crippen molar-refractivity contribution in [2.24, 2.45) is 7.05 Å². The first kappa shape index (κ1) is 23.1. The van der Waals surface area contributed by atoms with Crippen LogP contribution in [0.1, 0.15) is 16.1 Å². The lowest BCUT2D eigenvalue weighted by Gasteiger charge is -2.15. The van der Waals surface area contributed by atoms with Crippen molar-refractivity contribution in [2.45, 2.75) is 32.4 Å². The van der Waals surface area contributed by atoms with E-state index >= 15 is 4.39 Å². The first-order valence-corrected chi connectivity index (χ1v) is 15.0.